The summed E-state index contributed by atoms with van der Waals surface area (Å²) in [6, 6.07) is 6.41. The van der Waals surface area contributed by atoms with Crippen molar-refractivity contribution < 1.29 is 9.18 Å². The largest absolute Gasteiger partial charge is 0.342 e. The van der Waals surface area contributed by atoms with Gasteiger partial charge in [0.25, 0.3) is 0 Å². The quantitative estimate of drug-likeness (QED) is 0.861. The second-order valence-corrected chi connectivity index (χ2v) is 7.52. The number of carbonyl (C=O) groups excluding carboxylic acids is 1. The zero-order valence-corrected chi connectivity index (χ0v) is 14.6. The molecule has 24 heavy (non-hydrogen) atoms. The monoisotopic (exact) mass is 348 g/mol. The van der Waals surface area contributed by atoms with Crippen LogP contribution in [0.2, 0.25) is 0 Å². The Labute approximate surface area is 145 Å². The summed E-state index contributed by atoms with van der Waals surface area (Å²) in [5.74, 6) is 0.830. The van der Waals surface area contributed by atoms with E-state index in [0.29, 0.717) is 22.5 Å². The zero-order valence-electron chi connectivity index (χ0n) is 13.8. The number of thioether (sulfide) groups is 1. The molecule has 1 saturated heterocycles. The molecular formula is C17H21FN4OS. The third kappa shape index (κ3) is 3.77. The first kappa shape index (κ1) is 17.0. The summed E-state index contributed by atoms with van der Waals surface area (Å²) in [6.07, 6.45) is 2.11. The maximum Gasteiger partial charge on any atom is 0.235 e. The minimum atomic E-state index is -0.350. The molecule has 1 aliphatic heterocycles. The van der Waals surface area contributed by atoms with Crippen LogP contribution in [0.1, 0.15) is 26.7 Å². The van der Waals surface area contributed by atoms with Crippen LogP contribution in [0.4, 0.5) is 4.39 Å². The van der Waals surface area contributed by atoms with Crippen molar-refractivity contribution in [3.05, 3.63) is 30.1 Å². The lowest BCUT2D eigenvalue weighted by molar-refractivity contribution is -0.131. The van der Waals surface area contributed by atoms with Crippen LogP contribution in [-0.4, -0.2) is 44.3 Å². The zero-order chi connectivity index (χ0) is 17.1. The number of benzene rings is 1. The number of hydrogen-bond acceptors (Lipinski definition) is 4. The number of amides is 1. The molecule has 5 nitrogen and oxygen atoms in total. The molecule has 1 aliphatic rings. The molecule has 2 heterocycles. The predicted octanol–water partition coefficient (Wildman–Crippen LogP) is 3.35. The molecule has 1 unspecified atom stereocenters. The molecule has 3 rings (SSSR count). The molecule has 0 saturated carbocycles. The van der Waals surface area contributed by atoms with E-state index in [0.717, 1.165) is 25.9 Å². The van der Waals surface area contributed by atoms with Gasteiger partial charge in [0.2, 0.25) is 11.1 Å². The van der Waals surface area contributed by atoms with E-state index in [1.54, 1.807) is 18.2 Å². The fraction of sp³-hybridized carbons (Fsp3) is 0.471. The number of carbonyl (C=O) groups is 1. The molecule has 1 fully saturated rings. The molecular weight excluding hydrogens is 327 g/mol. The number of aromatic amines is 1. The third-order valence-electron chi connectivity index (χ3n) is 4.32. The summed E-state index contributed by atoms with van der Waals surface area (Å²) in [5.41, 5.74) is 0.376. The molecule has 1 atom stereocenters. The van der Waals surface area contributed by atoms with E-state index in [1.807, 2.05) is 11.8 Å². The molecule has 0 radical (unpaired) electrons. The first-order valence-electron chi connectivity index (χ1n) is 8.17. The highest BCUT2D eigenvalue weighted by Crippen LogP contribution is 2.26. The summed E-state index contributed by atoms with van der Waals surface area (Å²) in [4.78, 5) is 18.7. The lowest BCUT2D eigenvalue weighted by atomic mass is 9.99. The Morgan fingerprint density at radius 3 is 2.79 bits per heavy atom. The number of piperidine rings is 1. The molecule has 7 heteroatoms. The van der Waals surface area contributed by atoms with Crippen molar-refractivity contribution in [2.24, 2.45) is 5.92 Å². The van der Waals surface area contributed by atoms with Crippen molar-refractivity contribution in [2.75, 3.05) is 13.1 Å². The summed E-state index contributed by atoms with van der Waals surface area (Å²) in [5, 5.41) is 7.04. The molecule has 1 aromatic heterocycles. The Morgan fingerprint density at radius 1 is 1.38 bits per heavy atom. The topological polar surface area (TPSA) is 61.9 Å². The highest BCUT2D eigenvalue weighted by molar-refractivity contribution is 8.00. The second kappa shape index (κ2) is 7.34. The van der Waals surface area contributed by atoms with Gasteiger partial charge in [0, 0.05) is 13.1 Å². The van der Waals surface area contributed by atoms with E-state index in [4.69, 9.17) is 0 Å². The van der Waals surface area contributed by atoms with E-state index in [9.17, 15) is 9.18 Å². The van der Waals surface area contributed by atoms with Gasteiger partial charge >= 0.3 is 0 Å². The van der Waals surface area contributed by atoms with Gasteiger partial charge in [0.15, 0.2) is 5.82 Å². The summed E-state index contributed by atoms with van der Waals surface area (Å²) < 4.78 is 13.8. The van der Waals surface area contributed by atoms with Gasteiger partial charge in [-0.15, -0.1) is 5.10 Å². The molecule has 1 amide bonds. The summed E-state index contributed by atoms with van der Waals surface area (Å²) >= 11 is 1.30. The Bertz CT molecular complexity index is 712. The average Bonchev–Trinajstić information content (AvgIpc) is 3.03. The minimum Gasteiger partial charge on any atom is -0.342 e. The van der Waals surface area contributed by atoms with Crippen molar-refractivity contribution in [1.29, 1.82) is 0 Å². The second-order valence-electron chi connectivity index (χ2n) is 6.21. The van der Waals surface area contributed by atoms with Crippen LogP contribution in [-0.2, 0) is 4.79 Å². The highest BCUT2D eigenvalue weighted by Gasteiger charge is 2.26. The highest BCUT2D eigenvalue weighted by atomic mass is 32.2. The van der Waals surface area contributed by atoms with Crippen molar-refractivity contribution in [3.63, 3.8) is 0 Å². The van der Waals surface area contributed by atoms with Gasteiger partial charge in [0.1, 0.15) is 5.82 Å². The van der Waals surface area contributed by atoms with Crippen molar-refractivity contribution in [2.45, 2.75) is 37.1 Å². The van der Waals surface area contributed by atoms with E-state index in [-0.39, 0.29) is 17.0 Å². The van der Waals surface area contributed by atoms with E-state index in [1.165, 1.54) is 17.8 Å². The molecule has 1 N–H and O–H groups in total. The molecule has 2 aromatic rings. The number of hydrogen-bond donors (Lipinski definition) is 1. The van der Waals surface area contributed by atoms with Crippen LogP contribution in [0, 0.1) is 11.7 Å². The third-order valence-corrected chi connectivity index (χ3v) is 5.27. The number of nitrogens with zero attached hydrogens (tertiary/aromatic N) is 3. The van der Waals surface area contributed by atoms with Crippen LogP contribution in [0.25, 0.3) is 11.4 Å². The average molecular weight is 348 g/mol. The molecule has 1 aromatic carbocycles. The van der Waals surface area contributed by atoms with Gasteiger partial charge in [-0.3, -0.25) is 9.89 Å². The van der Waals surface area contributed by atoms with Crippen LogP contribution < -0.4 is 0 Å². The van der Waals surface area contributed by atoms with Crippen molar-refractivity contribution >= 4 is 17.7 Å². The number of likely N-dealkylation sites (tertiary alicyclic amines) is 1. The van der Waals surface area contributed by atoms with E-state index >= 15 is 0 Å². The Hall–Kier alpha value is -1.89. The van der Waals surface area contributed by atoms with Gasteiger partial charge in [-0.05, 0) is 37.8 Å². The standard InChI is InChI=1S/C17H21FN4OS/c1-11-7-9-22(10-8-11)16(23)12(2)24-17-19-15(20-21-17)13-5-3-4-6-14(13)18/h3-6,11-12H,7-10H2,1-2H3,(H,19,20,21). The van der Waals surface area contributed by atoms with Gasteiger partial charge in [0.05, 0.1) is 10.8 Å². The van der Waals surface area contributed by atoms with E-state index in [2.05, 4.69) is 22.1 Å². The van der Waals surface area contributed by atoms with Crippen LogP contribution in [0.3, 0.4) is 0 Å². The number of H-pyrrole nitrogens is 1. The maximum absolute atomic E-state index is 13.8. The first-order valence-corrected chi connectivity index (χ1v) is 9.05. The Morgan fingerprint density at radius 2 is 2.08 bits per heavy atom. The smallest absolute Gasteiger partial charge is 0.235 e. The maximum atomic E-state index is 13.8. The number of rotatable bonds is 4. The molecule has 0 spiro atoms. The Kier molecular flexibility index (Phi) is 5.18. The summed E-state index contributed by atoms with van der Waals surface area (Å²) in [6.45, 7) is 5.72. The van der Waals surface area contributed by atoms with Gasteiger partial charge in [-0.2, -0.15) is 0 Å². The van der Waals surface area contributed by atoms with E-state index < -0.39 is 0 Å². The number of aromatic nitrogens is 3. The first-order chi connectivity index (χ1) is 11.5. The number of nitrogens with one attached hydrogen (secondary N) is 1. The number of halogens is 1. The van der Waals surface area contributed by atoms with Gasteiger partial charge in [-0.25, -0.2) is 9.37 Å². The SMILES string of the molecule is CC1CCN(C(=O)C(C)Sc2n[nH]c(-c3ccccc3F)n2)CC1. The lowest BCUT2D eigenvalue weighted by Crippen LogP contribution is -2.41. The van der Waals surface area contributed by atoms with Crippen molar-refractivity contribution in [3.8, 4) is 11.4 Å². The predicted molar refractivity (Wildman–Crippen MR) is 92.1 cm³/mol. The van der Waals surface area contributed by atoms with Crippen LogP contribution in [0.15, 0.2) is 29.4 Å². The molecule has 128 valence electrons. The van der Waals surface area contributed by atoms with Crippen LogP contribution >= 0.6 is 11.8 Å². The normalized spacial score (nSPS) is 17.0. The van der Waals surface area contributed by atoms with Crippen LogP contribution in [0.5, 0.6) is 0 Å². The molecule has 0 bridgehead atoms. The van der Waals surface area contributed by atoms with Gasteiger partial charge in [-0.1, -0.05) is 30.8 Å². The minimum absolute atomic E-state index is 0.115. The lowest BCUT2D eigenvalue weighted by Gasteiger charge is -2.31. The van der Waals surface area contributed by atoms with Gasteiger partial charge < -0.3 is 4.90 Å². The fourth-order valence-electron chi connectivity index (χ4n) is 2.77. The molecule has 0 aliphatic carbocycles. The summed E-state index contributed by atoms with van der Waals surface area (Å²) in [7, 11) is 0. The Balaban J connectivity index is 1.64. The van der Waals surface area contributed by atoms with Crippen molar-refractivity contribution in [1.82, 2.24) is 20.1 Å². The fourth-order valence-corrected chi connectivity index (χ4v) is 3.58.